The van der Waals surface area contributed by atoms with Crippen LogP contribution in [0.2, 0.25) is 0 Å². The third-order valence-electron chi connectivity index (χ3n) is 1.58. The predicted molar refractivity (Wildman–Crippen MR) is 67.8 cm³/mol. The Kier molecular flexibility index (Phi) is 4.05. The van der Waals surface area contributed by atoms with Gasteiger partial charge in [0.15, 0.2) is 3.95 Å². The number of aromatic amines is 1. The molecule has 0 bridgehead atoms. The number of H-pyrrole nitrogens is 1. The second-order valence-corrected chi connectivity index (χ2v) is 7.44. The molecular weight excluding hydrogens is 268 g/mol. The highest BCUT2D eigenvalue weighted by Gasteiger charge is 2.22. The first-order chi connectivity index (χ1) is 7.18. The molecule has 9 heteroatoms. The molecule has 0 aliphatic rings. The van der Waals surface area contributed by atoms with Crippen molar-refractivity contribution in [2.45, 2.75) is 19.4 Å². The van der Waals surface area contributed by atoms with E-state index >= 15 is 0 Å². The van der Waals surface area contributed by atoms with Gasteiger partial charge >= 0.3 is 0 Å². The zero-order valence-corrected chi connectivity index (χ0v) is 11.6. The average Bonchev–Trinajstić information content (AvgIpc) is 2.44. The van der Waals surface area contributed by atoms with Crippen LogP contribution in [0.4, 0.5) is 5.13 Å². The Balaban J connectivity index is 2.57. The molecular formula is C7H14N4O2S3. The fraction of sp³-hybridized carbons (Fsp3) is 0.714. The molecule has 1 aromatic rings. The highest BCUT2D eigenvalue weighted by atomic mass is 32.2. The van der Waals surface area contributed by atoms with Gasteiger partial charge in [-0.05, 0) is 26.1 Å². The first kappa shape index (κ1) is 13.6. The van der Waals surface area contributed by atoms with E-state index in [2.05, 4.69) is 20.2 Å². The molecule has 0 aromatic carbocycles. The van der Waals surface area contributed by atoms with Crippen molar-refractivity contribution in [2.24, 2.45) is 0 Å². The minimum absolute atomic E-state index is 0.427. The van der Waals surface area contributed by atoms with Gasteiger partial charge in [-0.3, -0.25) is 5.10 Å². The highest BCUT2D eigenvalue weighted by Crippen LogP contribution is 2.13. The molecule has 0 saturated heterocycles. The van der Waals surface area contributed by atoms with Crippen LogP contribution in [-0.2, 0) is 10.0 Å². The second kappa shape index (κ2) is 4.78. The molecule has 1 heterocycles. The van der Waals surface area contributed by atoms with Crippen molar-refractivity contribution in [1.29, 1.82) is 0 Å². The number of sulfonamides is 1. The summed E-state index contributed by atoms with van der Waals surface area (Å²) in [4.78, 5) is 0. The van der Waals surface area contributed by atoms with Gasteiger partial charge in [0.05, 0.1) is 6.26 Å². The molecule has 92 valence electrons. The van der Waals surface area contributed by atoms with E-state index in [0.717, 1.165) is 6.26 Å². The molecule has 0 aliphatic heterocycles. The Bertz CT molecular complexity index is 502. The molecule has 3 N–H and O–H groups in total. The van der Waals surface area contributed by atoms with E-state index in [-0.39, 0.29) is 0 Å². The summed E-state index contributed by atoms with van der Waals surface area (Å²) >= 11 is 6.18. The molecule has 0 radical (unpaired) electrons. The summed E-state index contributed by atoms with van der Waals surface area (Å²) in [5.41, 5.74) is -0.582. The molecule has 1 aromatic heterocycles. The number of nitrogens with one attached hydrogen (secondary N) is 3. The summed E-state index contributed by atoms with van der Waals surface area (Å²) < 4.78 is 25.3. The summed E-state index contributed by atoms with van der Waals surface area (Å²) in [7, 11) is -3.22. The van der Waals surface area contributed by atoms with Crippen LogP contribution in [0.15, 0.2) is 0 Å². The fourth-order valence-corrected chi connectivity index (χ4v) is 3.00. The minimum atomic E-state index is -3.22. The molecule has 16 heavy (non-hydrogen) atoms. The highest BCUT2D eigenvalue weighted by molar-refractivity contribution is 7.88. The van der Waals surface area contributed by atoms with Crippen LogP contribution >= 0.6 is 23.6 Å². The van der Waals surface area contributed by atoms with E-state index in [1.165, 1.54) is 11.3 Å². The number of hydrogen-bond donors (Lipinski definition) is 3. The SMILES string of the molecule is CC(C)(CNc1n[nH]c(=S)s1)NS(C)(=O)=O. The van der Waals surface area contributed by atoms with E-state index in [1.807, 2.05) is 0 Å². The summed E-state index contributed by atoms with van der Waals surface area (Å²) in [6, 6.07) is 0. The first-order valence-corrected chi connectivity index (χ1v) is 7.58. The Morgan fingerprint density at radius 3 is 2.62 bits per heavy atom. The molecule has 0 fully saturated rings. The fourth-order valence-electron chi connectivity index (χ4n) is 1.14. The number of hydrogen-bond acceptors (Lipinski definition) is 6. The van der Waals surface area contributed by atoms with Crippen molar-refractivity contribution in [3.8, 4) is 0 Å². The minimum Gasteiger partial charge on any atom is -0.358 e. The van der Waals surface area contributed by atoms with Crippen molar-refractivity contribution in [1.82, 2.24) is 14.9 Å². The van der Waals surface area contributed by atoms with Crippen molar-refractivity contribution in [3.63, 3.8) is 0 Å². The van der Waals surface area contributed by atoms with E-state index in [9.17, 15) is 8.42 Å². The van der Waals surface area contributed by atoms with Gasteiger partial charge in [0, 0.05) is 12.1 Å². The van der Waals surface area contributed by atoms with Crippen molar-refractivity contribution in [3.05, 3.63) is 3.95 Å². The largest absolute Gasteiger partial charge is 0.358 e. The molecule has 0 aliphatic carbocycles. The average molecular weight is 282 g/mol. The maximum absolute atomic E-state index is 11.1. The standard InChI is InChI=1S/C7H14N4O2S3/c1-7(2,11-16(3,12)13)4-8-5-9-10-6(14)15-5/h11H,4H2,1-3H3,(H,8,9)(H,10,14). The number of rotatable bonds is 5. The molecule has 0 spiro atoms. The van der Waals surface area contributed by atoms with Gasteiger partial charge in [-0.2, -0.15) is 0 Å². The van der Waals surface area contributed by atoms with Gasteiger partial charge in [-0.1, -0.05) is 11.3 Å². The Labute approximate surface area is 104 Å². The zero-order chi connectivity index (χ0) is 12.4. The van der Waals surface area contributed by atoms with E-state index in [0.29, 0.717) is 15.6 Å². The van der Waals surface area contributed by atoms with Crippen LogP contribution in [0.5, 0.6) is 0 Å². The lowest BCUT2D eigenvalue weighted by Crippen LogP contribution is -2.47. The van der Waals surface area contributed by atoms with Gasteiger partial charge in [0.1, 0.15) is 0 Å². The summed E-state index contributed by atoms with van der Waals surface area (Å²) in [5, 5.41) is 10.2. The normalized spacial score (nSPS) is 12.7. The lowest BCUT2D eigenvalue weighted by Gasteiger charge is -2.24. The van der Waals surface area contributed by atoms with E-state index in [4.69, 9.17) is 12.2 Å². The maximum Gasteiger partial charge on any atom is 0.209 e. The smallest absolute Gasteiger partial charge is 0.209 e. The predicted octanol–water partition coefficient (Wildman–Crippen LogP) is 0.940. The van der Waals surface area contributed by atoms with Gasteiger partial charge in [0.25, 0.3) is 0 Å². The Morgan fingerprint density at radius 2 is 2.19 bits per heavy atom. The Morgan fingerprint density at radius 1 is 1.56 bits per heavy atom. The number of aromatic nitrogens is 2. The van der Waals surface area contributed by atoms with Crippen molar-refractivity contribution < 1.29 is 8.42 Å². The molecule has 0 saturated carbocycles. The molecule has 1 rings (SSSR count). The van der Waals surface area contributed by atoms with E-state index in [1.54, 1.807) is 13.8 Å². The third kappa shape index (κ3) is 5.01. The zero-order valence-electron chi connectivity index (χ0n) is 9.20. The molecule has 0 amide bonds. The summed E-state index contributed by atoms with van der Waals surface area (Å²) in [5.74, 6) is 0. The van der Waals surface area contributed by atoms with Crippen molar-refractivity contribution >= 4 is 38.7 Å². The lowest BCUT2D eigenvalue weighted by molar-refractivity contribution is 0.476. The lowest BCUT2D eigenvalue weighted by atomic mass is 10.1. The first-order valence-electron chi connectivity index (χ1n) is 4.46. The van der Waals surface area contributed by atoms with Gasteiger partial charge in [-0.25, -0.2) is 13.1 Å². The monoisotopic (exact) mass is 282 g/mol. The Hall–Kier alpha value is -0.510. The van der Waals surface area contributed by atoms with Crippen molar-refractivity contribution in [2.75, 3.05) is 18.1 Å². The summed E-state index contributed by atoms with van der Waals surface area (Å²) in [6.45, 7) is 4.00. The quantitative estimate of drug-likeness (QED) is 0.700. The molecule has 6 nitrogen and oxygen atoms in total. The van der Waals surface area contributed by atoms with Crippen LogP contribution in [0, 0.1) is 3.95 Å². The van der Waals surface area contributed by atoms with E-state index < -0.39 is 15.6 Å². The van der Waals surface area contributed by atoms with Gasteiger partial charge < -0.3 is 5.32 Å². The van der Waals surface area contributed by atoms with Crippen LogP contribution < -0.4 is 10.0 Å². The number of nitrogens with zero attached hydrogens (tertiary/aromatic N) is 1. The molecule has 0 unspecified atom stereocenters. The topological polar surface area (TPSA) is 86.9 Å². The van der Waals surface area contributed by atoms with Crippen LogP contribution in [0.25, 0.3) is 0 Å². The second-order valence-electron chi connectivity index (χ2n) is 4.03. The third-order valence-corrected chi connectivity index (χ3v) is 3.55. The van der Waals surface area contributed by atoms with Gasteiger partial charge in [0.2, 0.25) is 15.2 Å². The van der Waals surface area contributed by atoms with Gasteiger partial charge in [-0.15, -0.1) is 5.10 Å². The van der Waals surface area contributed by atoms with Crippen LogP contribution in [-0.4, -0.2) is 37.0 Å². The molecule has 0 atom stereocenters. The van der Waals surface area contributed by atoms with Crippen LogP contribution in [0.3, 0.4) is 0 Å². The van der Waals surface area contributed by atoms with Crippen LogP contribution in [0.1, 0.15) is 13.8 Å². The number of anilines is 1. The maximum atomic E-state index is 11.1. The summed E-state index contributed by atoms with van der Waals surface area (Å²) in [6.07, 6.45) is 1.13.